The molecule has 4 N–H and O–H groups in total. The fourth-order valence-electron chi connectivity index (χ4n) is 3.55. The van der Waals surface area contributed by atoms with Gasteiger partial charge in [0.2, 0.25) is 5.91 Å². The van der Waals surface area contributed by atoms with Crippen LogP contribution < -0.4 is 11.1 Å². The molecule has 2 fully saturated rings. The van der Waals surface area contributed by atoms with Crippen LogP contribution in [-0.4, -0.2) is 32.8 Å². The summed E-state index contributed by atoms with van der Waals surface area (Å²) >= 11 is 0. The van der Waals surface area contributed by atoms with Crippen LogP contribution >= 0.6 is 0 Å². The van der Waals surface area contributed by atoms with Crippen molar-refractivity contribution in [3.8, 4) is 0 Å². The zero-order valence-electron chi connectivity index (χ0n) is 14.7. The lowest BCUT2D eigenvalue weighted by Crippen LogP contribution is -2.32. The Bertz CT molecular complexity index is 605. The molecule has 2 heterocycles. The lowest BCUT2D eigenvalue weighted by Gasteiger charge is -2.30. The Morgan fingerprint density at radius 1 is 1.50 bits per heavy atom. The Morgan fingerprint density at radius 3 is 2.50 bits per heavy atom. The van der Waals surface area contributed by atoms with Crippen molar-refractivity contribution in [1.29, 1.82) is 0 Å². The molecule has 2 aliphatic rings. The highest BCUT2D eigenvalue weighted by atomic mass is 16.4. The van der Waals surface area contributed by atoms with Crippen molar-refractivity contribution in [2.24, 2.45) is 18.2 Å². The predicted molar refractivity (Wildman–Crippen MR) is 90.2 cm³/mol. The van der Waals surface area contributed by atoms with Crippen molar-refractivity contribution in [3.63, 3.8) is 0 Å². The molecule has 1 saturated carbocycles. The van der Waals surface area contributed by atoms with Gasteiger partial charge in [0.1, 0.15) is 6.04 Å². The summed E-state index contributed by atoms with van der Waals surface area (Å²) in [7, 11) is 1.96. The third-order valence-electron chi connectivity index (χ3n) is 5.13. The number of aromatic nitrogens is 2. The van der Waals surface area contributed by atoms with Gasteiger partial charge in [-0.05, 0) is 37.2 Å². The van der Waals surface area contributed by atoms with E-state index < -0.39 is 12.0 Å². The van der Waals surface area contributed by atoms with Crippen molar-refractivity contribution in [3.05, 3.63) is 17.5 Å². The van der Waals surface area contributed by atoms with Crippen molar-refractivity contribution in [2.75, 3.05) is 0 Å². The second kappa shape index (κ2) is 7.34. The number of carboxylic acids is 1. The highest BCUT2D eigenvalue weighted by molar-refractivity contribution is 5.87. The molecule has 7 heteroatoms. The second-order valence-electron chi connectivity index (χ2n) is 7.21. The first-order valence-electron chi connectivity index (χ1n) is 8.51. The topological polar surface area (TPSA) is 110 Å². The number of nitrogens with one attached hydrogen (secondary N) is 1. The summed E-state index contributed by atoms with van der Waals surface area (Å²) in [6.07, 6.45) is 7.93. The van der Waals surface area contributed by atoms with Gasteiger partial charge in [0, 0.05) is 19.7 Å². The monoisotopic (exact) mass is 336 g/mol. The third kappa shape index (κ3) is 4.14. The highest BCUT2D eigenvalue weighted by Gasteiger charge is 2.37. The van der Waals surface area contributed by atoms with E-state index in [1.165, 1.54) is 31.2 Å². The van der Waals surface area contributed by atoms with Gasteiger partial charge in [0.25, 0.3) is 0 Å². The Hall–Kier alpha value is -1.89. The molecule has 1 aliphatic heterocycles. The quantitative estimate of drug-likeness (QED) is 0.777. The number of amides is 1. The molecule has 1 amide bonds. The van der Waals surface area contributed by atoms with Gasteiger partial charge in [0.15, 0.2) is 0 Å². The maximum Gasteiger partial charge on any atom is 0.326 e. The molecule has 0 radical (unpaired) electrons. The molecular formula is C17H28N4O3. The summed E-state index contributed by atoms with van der Waals surface area (Å²) < 4.78 is 1.86. The number of nitrogens with two attached hydrogens (primary N) is 1. The van der Waals surface area contributed by atoms with Gasteiger partial charge >= 0.3 is 5.97 Å². The lowest BCUT2D eigenvalue weighted by molar-refractivity contribution is -0.140. The minimum Gasteiger partial charge on any atom is -0.480 e. The van der Waals surface area contributed by atoms with Crippen LogP contribution in [0.1, 0.15) is 62.7 Å². The number of carbonyl (C=O) groups excluding carboxylic acids is 1. The number of hydrogen-bond acceptors (Lipinski definition) is 4. The van der Waals surface area contributed by atoms with Gasteiger partial charge in [-0.3, -0.25) is 9.48 Å². The first kappa shape index (κ1) is 18.4. The first-order valence-corrected chi connectivity index (χ1v) is 8.51. The molecule has 134 valence electrons. The molecule has 2 atom stereocenters. The fourth-order valence-corrected chi connectivity index (χ4v) is 3.55. The molecule has 7 nitrogen and oxygen atoms in total. The zero-order chi connectivity index (χ0) is 17.9. The van der Waals surface area contributed by atoms with Gasteiger partial charge in [-0.2, -0.15) is 5.10 Å². The summed E-state index contributed by atoms with van der Waals surface area (Å²) in [6.45, 7) is 4.40. The van der Waals surface area contributed by atoms with Crippen LogP contribution in [0.15, 0.2) is 6.20 Å². The van der Waals surface area contributed by atoms with E-state index in [9.17, 15) is 9.59 Å². The minimum absolute atomic E-state index is 0.0983. The molecular weight excluding hydrogens is 308 g/mol. The SMILES string of the molecule is Cc1cn(C)nc1C(N)C1(C)CCCC1.O=C1CC[C@@H](C(=O)O)N1. The second-order valence-corrected chi connectivity index (χ2v) is 7.21. The summed E-state index contributed by atoms with van der Waals surface area (Å²) in [6, 6.07) is -0.543. The van der Waals surface area contributed by atoms with Crippen molar-refractivity contribution in [1.82, 2.24) is 15.1 Å². The van der Waals surface area contributed by atoms with Gasteiger partial charge < -0.3 is 16.2 Å². The first-order chi connectivity index (χ1) is 11.2. The Labute approximate surface area is 142 Å². The van der Waals surface area contributed by atoms with E-state index in [0.717, 1.165) is 5.69 Å². The molecule has 1 aromatic heterocycles. The maximum absolute atomic E-state index is 10.4. The molecule has 1 aromatic rings. The van der Waals surface area contributed by atoms with Gasteiger partial charge in [0.05, 0.1) is 11.7 Å². The van der Waals surface area contributed by atoms with Crippen molar-refractivity contribution >= 4 is 11.9 Å². The third-order valence-corrected chi connectivity index (χ3v) is 5.13. The van der Waals surface area contributed by atoms with Crippen LogP contribution in [0.5, 0.6) is 0 Å². The molecule has 1 aliphatic carbocycles. The average Bonchev–Trinajstić information content (AvgIpc) is 3.21. The summed E-state index contributed by atoms with van der Waals surface area (Å²) in [4.78, 5) is 20.5. The van der Waals surface area contributed by atoms with Gasteiger partial charge in [-0.15, -0.1) is 0 Å². The van der Waals surface area contributed by atoms with Gasteiger partial charge in [-0.1, -0.05) is 19.8 Å². The van der Waals surface area contributed by atoms with Crippen molar-refractivity contribution < 1.29 is 14.7 Å². The van der Waals surface area contributed by atoms with E-state index in [2.05, 4.69) is 24.3 Å². The average molecular weight is 336 g/mol. The Morgan fingerprint density at radius 2 is 2.12 bits per heavy atom. The minimum atomic E-state index is -0.944. The summed E-state index contributed by atoms with van der Waals surface area (Å²) in [5, 5.41) is 15.1. The van der Waals surface area contributed by atoms with Crippen LogP contribution in [-0.2, 0) is 16.6 Å². The van der Waals surface area contributed by atoms with E-state index in [4.69, 9.17) is 10.8 Å². The Balaban J connectivity index is 0.000000198. The van der Waals surface area contributed by atoms with Crippen molar-refractivity contribution in [2.45, 2.75) is 64.5 Å². The smallest absolute Gasteiger partial charge is 0.326 e. The summed E-state index contributed by atoms with van der Waals surface area (Å²) in [5.41, 5.74) is 8.94. The number of aliphatic carboxylic acids is 1. The summed E-state index contributed by atoms with van der Waals surface area (Å²) in [5.74, 6) is -1.11. The van der Waals surface area contributed by atoms with Crippen LogP contribution in [0, 0.1) is 12.3 Å². The molecule has 3 rings (SSSR count). The number of rotatable bonds is 3. The fraction of sp³-hybridized carbons (Fsp3) is 0.706. The van der Waals surface area contributed by atoms with Crippen LogP contribution in [0.4, 0.5) is 0 Å². The molecule has 0 bridgehead atoms. The number of nitrogens with zero attached hydrogens (tertiary/aromatic N) is 2. The van der Waals surface area contributed by atoms with Crippen LogP contribution in [0.2, 0.25) is 0 Å². The van der Waals surface area contributed by atoms with E-state index in [1.807, 2.05) is 17.9 Å². The van der Waals surface area contributed by atoms with Gasteiger partial charge in [-0.25, -0.2) is 4.79 Å². The standard InChI is InChI=1S/C12H21N3.C5H7NO3/c1-9-8-15(3)14-10(9)11(13)12(2)6-4-5-7-12;7-4-2-1-3(6-4)5(8)9/h8,11H,4-7,13H2,1-3H3;3H,1-2H2,(H,6,7)(H,8,9)/t;3-/m.0/s1. The van der Waals surface area contributed by atoms with E-state index in [0.29, 0.717) is 12.8 Å². The molecule has 0 aromatic carbocycles. The predicted octanol–water partition coefficient (Wildman–Crippen LogP) is 1.66. The zero-order valence-corrected chi connectivity index (χ0v) is 14.7. The molecule has 24 heavy (non-hydrogen) atoms. The molecule has 1 saturated heterocycles. The largest absolute Gasteiger partial charge is 0.480 e. The number of carboxylic acid groups (broad SMARTS) is 1. The van der Waals surface area contributed by atoms with Crippen LogP contribution in [0.25, 0.3) is 0 Å². The lowest BCUT2D eigenvalue weighted by atomic mass is 9.79. The molecule has 0 spiro atoms. The van der Waals surface area contributed by atoms with Crippen LogP contribution in [0.3, 0.4) is 0 Å². The highest BCUT2D eigenvalue weighted by Crippen LogP contribution is 2.45. The molecule has 1 unspecified atom stereocenters. The maximum atomic E-state index is 10.4. The number of aryl methyl sites for hydroxylation is 2. The van der Waals surface area contributed by atoms with E-state index in [1.54, 1.807) is 0 Å². The van der Waals surface area contributed by atoms with E-state index in [-0.39, 0.29) is 17.4 Å². The Kier molecular flexibility index (Phi) is 5.64. The number of hydrogen-bond donors (Lipinski definition) is 3. The normalized spacial score (nSPS) is 23.3. The number of carbonyl (C=O) groups is 2. The van der Waals surface area contributed by atoms with E-state index >= 15 is 0 Å².